The molecule has 3 nitrogen and oxygen atoms in total. The smallest absolute Gasteiger partial charge is 0.161 e. The summed E-state index contributed by atoms with van der Waals surface area (Å²) in [7, 11) is 0. The highest BCUT2D eigenvalue weighted by molar-refractivity contribution is 5.43. The molecule has 0 bridgehead atoms. The van der Waals surface area contributed by atoms with E-state index in [1.54, 1.807) is 0 Å². The fourth-order valence-electron chi connectivity index (χ4n) is 1.96. The molecule has 1 aromatic carbocycles. The van der Waals surface area contributed by atoms with E-state index in [0.29, 0.717) is 19.1 Å². The Morgan fingerprint density at radius 2 is 2.05 bits per heavy atom. The van der Waals surface area contributed by atoms with Crippen LogP contribution in [0.4, 0.5) is 0 Å². The molecule has 0 unspecified atom stereocenters. The minimum absolute atomic E-state index is 0.645. The summed E-state index contributed by atoms with van der Waals surface area (Å²) in [5.41, 5.74) is 1.22. The average Bonchev–Trinajstić information content (AvgIpc) is 2.45. The number of unbranched alkanes of at least 4 members (excludes halogenated alkanes) is 1. The van der Waals surface area contributed by atoms with Crippen molar-refractivity contribution in [2.24, 2.45) is 5.92 Å². The lowest BCUT2D eigenvalue weighted by atomic mass is 10.2. The maximum absolute atomic E-state index is 5.80. The van der Waals surface area contributed by atoms with Crippen LogP contribution >= 0.6 is 0 Å². The lowest BCUT2D eigenvalue weighted by molar-refractivity contribution is 0.274. The van der Waals surface area contributed by atoms with Crippen molar-refractivity contribution in [1.29, 1.82) is 0 Å². The first-order valence-electron chi connectivity index (χ1n) is 7.87. The molecule has 21 heavy (non-hydrogen) atoms. The minimum atomic E-state index is 0.645. The van der Waals surface area contributed by atoms with E-state index >= 15 is 0 Å². The van der Waals surface area contributed by atoms with Crippen LogP contribution in [0, 0.1) is 5.92 Å². The second-order valence-electron chi connectivity index (χ2n) is 5.52. The standard InChI is InChI=1S/C18H29NO2/c1-5-7-8-11-21-17-10-9-16(12-18(17)20-6-2)14-19-13-15(3)4/h5,9-10,12,15,19H,1,6-8,11,13-14H2,2-4H3. The summed E-state index contributed by atoms with van der Waals surface area (Å²) in [6.07, 6.45) is 3.87. The summed E-state index contributed by atoms with van der Waals surface area (Å²) in [6.45, 7) is 13.3. The maximum atomic E-state index is 5.80. The largest absolute Gasteiger partial charge is 0.490 e. The van der Waals surface area contributed by atoms with E-state index in [4.69, 9.17) is 9.47 Å². The van der Waals surface area contributed by atoms with Crippen LogP contribution in [-0.2, 0) is 6.54 Å². The van der Waals surface area contributed by atoms with Gasteiger partial charge in [0, 0.05) is 6.54 Å². The van der Waals surface area contributed by atoms with E-state index in [9.17, 15) is 0 Å². The third-order valence-electron chi connectivity index (χ3n) is 3.00. The molecule has 0 saturated heterocycles. The van der Waals surface area contributed by atoms with Gasteiger partial charge in [0.25, 0.3) is 0 Å². The zero-order valence-electron chi connectivity index (χ0n) is 13.7. The molecule has 0 aliphatic carbocycles. The first-order chi connectivity index (χ1) is 10.2. The molecule has 0 atom stereocenters. The van der Waals surface area contributed by atoms with Crippen LogP contribution in [0.25, 0.3) is 0 Å². The molecule has 0 radical (unpaired) electrons. The van der Waals surface area contributed by atoms with E-state index in [2.05, 4.69) is 37.9 Å². The molecule has 1 N–H and O–H groups in total. The number of hydrogen-bond acceptors (Lipinski definition) is 3. The lowest BCUT2D eigenvalue weighted by Gasteiger charge is -2.14. The highest BCUT2D eigenvalue weighted by atomic mass is 16.5. The molecular formula is C18H29NO2. The van der Waals surface area contributed by atoms with Crippen molar-refractivity contribution in [2.75, 3.05) is 19.8 Å². The van der Waals surface area contributed by atoms with Gasteiger partial charge in [-0.3, -0.25) is 0 Å². The predicted octanol–water partition coefficient (Wildman–Crippen LogP) is 4.18. The van der Waals surface area contributed by atoms with Crippen LogP contribution in [-0.4, -0.2) is 19.8 Å². The number of rotatable bonds is 11. The monoisotopic (exact) mass is 291 g/mol. The quantitative estimate of drug-likeness (QED) is 0.490. The molecule has 118 valence electrons. The molecule has 3 heteroatoms. The fraction of sp³-hybridized carbons (Fsp3) is 0.556. The van der Waals surface area contributed by atoms with Gasteiger partial charge in [-0.15, -0.1) is 6.58 Å². The molecule has 0 saturated carbocycles. The Labute approximate surface area is 129 Å². The van der Waals surface area contributed by atoms with Gasteiger partial charge in [0.15, 0.2) is 11.5 Å². The third-order valence-corrected chi connectivity index (χ3v) is 3.00. The van der Waals surface area contributed by atoms with Crippen molar-refractivity contribution in [1.82, 2.24) is 5.32 Å². The third kappa shape index (κ3) is 7.19. The summed E-state index contributed by atoms with van der Waals surface area (Å²) in [4.78, 5) is 0. The van der Waals surface area contributed by atoms with Gasteiger partial charge in [-0.25, -0.2) is 0 Å². The zero-order valence-corrected chi connectivity index (χ0v) is 13.7. The lowest BCUT2D eigenvalue weighted by Crippen LogP contribution is -2.19. The molecule has 0 aliphatic heterocycles. The SMILES string of the molecule is C=CCCCOc1ccc(CNCC(C)C)cc1OCC. The number of allylic oxidation sites excluding steroid dienone is 1. The number of nitrogens with one attached hydrogen (secondary N) is 1. The van der Waals surface area contributed by atoms with Crippen molar-refractivity contribution in [3.63, 3.8) is 0 Å². The molecule has 1 rings (SSSR count). The van der Waals surface area contributed by atoms with Crippen molar-refractivity contribution >= 4 is 0 Å². The van der Waals surface area contributed by atoms with Crippen molar-refractivity contribution in [3.05, 3.63) is 36.4 Å². The summed E-state index contributed by atoms with van der Waals surface area (Å²) < 4.78 is 11.5. The zero-order chi connectivity index (χ0) is 15.5. The fourth-order valence-corrected chi connectivity index (χ4v) is 1.96. The summed E-state index contributed by atoms with van der Waals surface area (Å²) >= 11 is 0. The summed E-state index contributed by atoms with van der Waals surface area (Å²) in [5.74, 6) is 2.32. The van der Waals surface area contributed by atoms with Crippen LogP contribution in [0.5, 0.6) is 11.5 Å². The Balaban J connectivity index is 2.60. The van der Waals surface area contributed by atoms with E-state index in [1.807, 2.05) is 19.1 Å². The Hall–Kier alpha value is -1.48. The van der Waals surface area contributed by atoms with Gasteiger partial charge in [0.1, 0.15) is 0 Å². The molecular weight excluding hydrogens is 262 g/mol. The van der Waals surface area contributed by atoms with E-state index < -0.39 is 0 Å². The Morgan fingerprint density at radius 1 is 1.24 bits per heavy atom. The first-order valence-corrected chi connectivity index (χ1v) is 7.87. The molecule has 0 heterocycles. The molecule has 1 aromatic rings. The van der Waals surface area contributed by atoms with Gasteiger partial charge in [0.05, 0.1) is 13.2 Å². The van der Waals surface area contributed by atoms with Crippen LogP contribution in [0.3, 0.4) is 0 Å². The van der Waals surface area contributed by atoms with Crippen LogP contribution in [0.1, 0.15) is 39.2 Å². The number of hydrogen-bond donors (Lipinski definition) is 1. The van der Waals surface area contributed by atoms with Gasteiger partial charge in [-0.2, -0.15) is 0 Å². The van der Waals surface area contributed by atoms with Crippen LogP contribution in [0.15, 0.2) is 30.9 Å². The highest BCUT2D eigenvalue weighted by Gasteiger charge is 2.06. The van der Waals surface area contributed by atoms with E-state index in [1.165, 1.54) is 5.56 Å². The van der Waals surface area contributed by atoms with Crippen molar-refractivity contribution in [3.8, 4) is 11.5 Å². The van der Waals surface area contributed by atoms with Gasteiger partial charge in [0.2, 0.25) is 0 Å². The van der Waals surface area contributed by atoms with E-state index in [-0.39, 0.29) is 0 Å². The van der Waals surface area contributed by atoms with E-state index in [0.717, 1.165) is 37.4 Å². The van der Waals surface area contributed by atoms with Crippen molar-refractivity contribution in [2.45, 2.75) is 40.2 Å². The van der Waals surface area contributed by atoms with Crippen molar-refractivity contribution < 1.29 is 9.47 Å². The normalized spacial score (nSPS) is 10.7. The average molecular weight is 291 g/mol. The molecule has 0 amide bonds. The Kier molecular flexibility index (Phi) is 8.60. The highest BCUT2D eigenvalue weighted by Crippen LogP contribution is 2.28. The van der Waals surface area contributed by atoms with Gasteiger partial charge >= 0.3 is 0 Å². The van der Waals surface area contributed by atoms with Crippen LogP contribution < -0.4 is 14.8 Å². The summed E-state index contributed by atoms with van der Waals surface area (Å²) in [6, 6.07) is 6.17. The molecule has 0 spiro atoms. The minimum Gasteiger partial charge on any atom is -0.490 e. The topological polar surface area (TPSA) is 30.5 Å². The second-order valence-corrected chi connectivity index (χ2v) is 5.52. The Morgan fingerprint density at radius 3 is 2.71 bits per heavy atom. The van der Waals surface area contributed by atoms with Gasteiger partial charge in [-0.1, -0.05) is 26.0 Å². The molecule has 0 fully saturated rings. The molecule has 0 aromatic heterocycles. The van der Waals surface area contributed by atoms with Gasteiger partial charge < -0.3 is 14.8 Å². The number of benzene rings is 1. The predicted molar refractivity (Wildman–Crippen MR) is 89.1 cm³/mol. The summed E-state index contributed by atoms with van der Waals surface area (Å²) in [5, 5.41) is 3.44. The maximum Gasteiger partial charge on any atom is 0.161 e. The van der Waals surface area contributed by atoms with Gasteiger partial charge in [-0.05, 0) is 49.9 Å². The van der Waals surface area contributed by atoms with Crippen LogP contribution in [0.2, 0.25) is 0 Å². The first kappa shape index (κ1) is 17.6. The Bertz CT molecular complexity index is 416. The molecule has 0 aliphatic rings. The number of ether oxygens (including phenoxy) is 2. The second kappa shape index (κ2) is 10.3.